The predicted octanol–water partition coefficient (Wildman–Crippen LogP) is 1.81. The first-order valence-corrected chi connectivity index (χ1v) is 6.67. The molecule has 92 valence electrons. The van der Waals surface area contributed by atoms with Gasteiger partial charge in [0.15, 0.2) is 0 Å². The zero-order chi connectivity index (χ0) is 11.6. The van der Waals surface area contributed by atoms with Gasteiger partial charge in [-0.25, -0.2) is 0 Å². The quantitative estimate of drug-likeness (QED) is 0.768. The molecule has 16 heavy (non-hydrogen) atoms. The summed E-state index contributed by atoms with van der Waals surface area (Å²) in [6.07, 6.45) is 7.95. The van der Waals surface area contributed by atoms with Crippen LogP contribution in [0.1, 0.15) is 51.9 Å². The van der Waals surface area contributed by atoms with Crippen LogP contribution in [0, 0.1) is 11.8 Å². The van der Waals surface area contributed by atoms with Crippen LogP contribution in [0.3, 0.4) is 0 Å². The van der Waals surface area contributed by atoms with Crippen molar-refractivity contribution in [2.24, 2.45) is 17.6 Å². The molecule has 0 spiro atoms. The Kier molecular flexibility index (Phi) is 3.53. The molecule has 2 aliphatic rings. The van der Waals surface area contributed by atoms with Crippen molar-refractivity contribution in [3.05, 3.63) is 0 Å². The molecule has 0 aromatic rings. The molecule has 3 N–H and O–H groups in total. The highest BCUT2D eigenvalue weighted by atomic mass is 16.2. The second kappa shape index (κ2) is 4.74. The molecule has 0 saturated heterocycles. The van der Waals surface area contributed by atoms with E-state index < -0.39 is 0 Å². The molecule has 2 fully saturated rings. The largest absolute Gasteiger partial charge is 0.349 e. The van der Waals surface area contributed by atoms with E-state index in [0.717, 1.165) is 25.7 Å². The van der Waals surface area contributed by atoms with Gasteiger partial charge in [0.25, 0.3) is 0 Å². The smallest absolute Gasteiger partial charge is 0.223 e. The summed E-state index contributed by atoms with van der Waals surface area (Å²) in [6.45, 7) is 2.86. The summed E-state index contributed by atoms with van der Waals surface area (Å²) in [4.78, 5) is 12.0. The molecular weight excluding hydrogens is 200 g/mol. The van der Waals surface area contributed by atoms with Gasteiger partial charge in [-0.3, -0.25) is 4.79 Å². The molecule has 0 aromatic carbocycles. The molecule has 0 aromatic heterocycles. The highest BCUT2D eigenvalue weighted by molar-refractivity contribution is 5.80. The first-order chi connectivity index (χ1) is 7.65. The molecule has 3 nitrogen and oxygen atoms in total. The molecule has 2 unspecified atom stereocenters. The van der Waals surface area contributed by atoms with Crippen LogP contribution in [0.25, 0.3) is 0 Å². The van der Waals surface area contributed by atoms with E-state index in [2.05, 4.69) is 12.2 Å². The van der Waals surface area contributed by atoms with Gasteiger partial charge in [0.05, 0.1) is 5.54 Å². The van der Waals surface area contributed by atoms with Gasteiger partial charge in [0.2, 0.25) is 5.91 Å². The molecular formula is C13H24N2O. The maximum Gasteiger partial charge on any atom is 0.223 e. The number of rotatable bonds is 3. The average molecular weight is 224 g/mol. The lowest BCUT2D eigenvalue weighted by molar-refractivity contribution is -0.129. The van der Waals surface area contributed by atoms with E-state index in [1.165, 1.54) is 19.3 Å². The summed E-state index contributed by atoms with van der Waals surface area (Å²) < 4.78 is 0. The number of nitrogens with two attached hydrogens (primary N) is 1. The van der Waals surface area contributed by atoms with E-state index in [9.17, 15) is 4.79 Å². The summed E-state index contributed by atoms with van der Waals surface area (Å²) in [6, 6.07) is 0. The van der Waals surface area contributed by atoms with Crippen LogP contribution in [0.5, 0.6) is 0 Å². The van der Waals surface area contributed by atoms with Crippen LogP contribution in [0.4, 0.5) is 0 Å². The Hall–Kier alpha value is -0.570. The van der Waals surface area contributed by atoms with Crippen LogP contribution in [0.2, 0.25) is 0 Å². The normalized spacial score (nSPS) is 35.5. The van der Waals surface area contributed by atoms with Crippen molar-refractivity contribution in [2.75, 3.05) is 6.54 Å². The number of hydrogen-bond donors (Lipinski definition) is 2. The van der Waals surface area contributed by atoms with Gasteiger partial charge in [0, 0.05) is 12.5 Å². The van der Waals surface area contributed by atoms with E-state index in [1.807, 2.05) is 0 Å². The molecule has 2 saturated carbocycles. The lowest BCUT2D eigenvalue weighted by atomic mass is 9.75. The van der Waals surface area contributed by atoms with Crippen LogP contribution in [0.15, 0.2) is 0 Å². The summed E-state index contributed by atoms with van der Waals surface area (Å²) in [5, 5.41) is 3.25. The second-order valence-electron chi connectivity index (χ2n) is 5.80. The Labute approximate surface area is 98.2 Å². The van der Waals surface area contributed by atoms with Crippen molar-refractivity contribution in [1.82, 2.24) is 5.32 Å². The maximum absolute atomic E-state index is 12.0. The first-order valence-electron chi connectivity index (χ1n) is 6.67. The van der Waals surface area contributed by atoms with Crippen LogP contribution < -0.4 is 11.1 Å². The number of nitrogens with one attached hydrogen (secondary N) is 1. The van der Waals surface area contributed by atoms with Gasteiger partial charge >= 0.3 is 0 Å². The molecule has 2 atom stereocenters. The van der Waals surface area contributed by atoms with Gasteiger partial charge in [0.1, 0.15) is 0 Å². The Morgan fingerprint density at radius 1 is 1.38 bits per heavy atom. The zero-order valence-corrected chi connectivity index (χ0v) is 10.3. The van der Waals surface area contributed by atoms with Gasteiger partial charge < -0.3 is 11.1 Å². The minimum atomic E-state index is -0.0929. The van der Waals surface area contributed by atoms with E-state index in [-0.39, 0.29) is 17.4 Å². The molecule has 3 heteroatoms. The molecule has 2 rings (SSSR count). The van der Waals surface area contributed by atoms with Crippen molar-refractivity contribution >= 4 is 5.91 Å². The van der Waals surface area contributed by atoms with E-state index in [1.54, 1.807) is 0 Å². The Morgan fingerprint density at radius 3 is 2.62 bits per heavy atom. The van der Waals surface area contributed by atoms with Crippen LogP contribution in [-0.2, 0) is 4.79 Å². The molecule has 0 heterocycles. The first kappa shape index (κ1) is 11.9. The highest BCUT2D eigenvalue weighted by Gasteiger charge is 2.37. The number of hydrogen-bond acceptors (Lipinski definition) is 2. The SMILES string of the molecule is CC1CCCC(CN)(NC(=O)C2CCC2)C1. The fourth-order valence-electron chi connectivity index (χ4n) is 3.04. The van der Waals surface area contributed by atoms with Gasteiger partial charge in [-0.1, -0.05) is 26.2 Å². The van der Waals surface area contributed by atoms with Gasteiger partial charge in [-0.2, -0.15) is 0 Å². The third kappa shape index (κ3) is 2.40. The number of carbonyl (C=O) groups excluding carboxylic acids is 1. The van der Waals surface area contributed by atoms with Crippen molar-refractivity contribution in [2.45, 2.75) is 57.4 Å². The fraction of sp³-hybridized carbons (Fsp3) is 0.923. The lowest BCUT2D eigenvalue weighted by Gasteiger charge is -2.41. The Bertz CT molecular complexity index is 263. The minimum Gasteiger partial charge on any atom is -0.349 e. The van der Waals surface area contributed by atoms with E-state index >= 15 is 0 Å². The standard InChI is InChI=1S/C13H24N2O/c1-10-4-3-7-13(8-10,9-14)15-12(16)11-5-2-6-11/h10-11H,2-9,14H2,1H3,(H,15,16). The zero-order valence-electron chi connectivity index (χ0n) is 10.3. The van der Waals surface area contributed by atoms with Gasteiger partial charge in [-0.05, 0) is 31.6 Å². The number of carbonyl (C=O) groups is 1. The summed E-state index contributed by atoms with van der Waals surface area (Å²) in [5.74, 6) is 1.23. The van der Waals surface area contributed by atoms with Gasteiger partial charge in [-0.15, -0.1) is 0 Å². The predicted molar refractivity (Wildman–Crippen MR) is 64.9 cm³/mol. The minimum absolute atomic E-state index is 0.0929. The average Bonchev–Trinajstić information content (AvgIpc) is 2.14. The van der Waals surface area contributed by atoms with Crippen molar-refractivity contribution < 1.29 is 4.79 Å². The summed E-state index contributed by atoms with van der Waals surface area (Å²) >= 11 is 0. The third-order valence-corrected chi connectivity index (χ3v) is 4.35. The topological polar surface area (TPSA) is 55.1 Å². The van der Waals surface area contributed by atoms with Crippen LogP contribution in [-0.4, -0.2) is 18.0 Å². The maximum atomic E-state index is 12.0. The third-order valence-electron chi connectivity index (χ3n) is 4.35. The molecule has 0 bridgehead atoms. The highest BCUT2D eigenvalue weighted by Crippen LogP contribution is 2.33. The van der Waals surface area contributed by atoms with Crippen molar-refractivity contribution in [3.63, 3.8) is 0 Å². The molecule has 2 aliphatic carbocycles. The second-order valence-corrected chi connectivity index (χ2v) is 5.80. The number of amides is 1. The Morgan fingerprint density at radius 2 is 2.12 bits per heavy atom. The summed E-state index contributed by atoms with van der Waals surface area (Å²) in [7, 11) is 0. The molecule has 1 amide bonds. The van der Waals surface area contributed by atoms with Crippen LogP contribution >= 0.6 is 0 Å². The van der Waals surface area contributed by atoms with Crippen molar-refractivity contribution in [1.29, 1.82) is 0 Å². The monoisotopic (exact) mass is 224 g/mol. The molecule has 0 radical (unpaired) electrons. The fourth-order valence-corrected chi connectivity index (χ4v) is 3.04. The summed E-state index contributed by atoms with van der Waals surface area (Å²) in [5.41, 5.74) is 5.80. The van der Waals surface area contributed by atoms with E-state index in [0.29, 0.717) is 12.5 Å². The molecule has 0 aliphatic heterocycles. The van der Waals surface area contributed by atoms with Crippen molar-refractivity contribution in [3.8, 4) is 0 Å². The lowest BCUT2D eigenvalue weighted by Crippen LogP contribution is -2.57. The Balaban J connectivity index is 1.94. The van der Waals surface area contributed by atoms with E-state index in [4.69, 9.17) is 5.73 Å².